The average molecular weight is 415 g/mol. The quantitative estimate of drug-likeness (QED) is 0.243. The number of nitrogen functional groups attached to an aromatic ring is 1. The minimum atomic E-state index is 0.457. The van der Waals surface area contributed by atoms with Crippen LogP contribution in [0.1, 0.15) is 85.3 Å². The Labute approximate surface area is 186 Å². The molecule has 170 valence electrons. The van der Waals surface area contributed by atoms with Gasteiger partial charge in [-0.2, -0.15) is 0 Å². The third-order valence-corrected chi connectivity index (χ3v) is 5.10. The highest BCUT2D eigenvalue weighted by Crippen LogP contribution is 2.32. The van der Waals surface area contributed by atoms with Crippen molar-refractivity contribution in [3.05, 3.63) is 46.5 Å². The van der Waals surface area contributed by atoms with E-state index in [0.29, 0.717) is 6.10 Å². The Morgan fingerprint density at radius 3 is 2.33 bits per heavy atom. The molecule has 3 nitrogen and oxygen atoms in total. The predicted octanol–water partition coefficient (Wildman–Crippen LogP) is 7.65. The van der Waals surface area contributed by atoms with Crippen molar-refractivity contribution >= 4 is 17.5 Å². The first kappa shape index (κ1) is 28.1. The van der Waals surface area contributed by atoms with Crippen LogP contribution >= 0.6 is 0 Å². The summed E-state index contributed by atoms with van der Waals surface area (Å²) in [5.41, 5.74) is 13.0. The summed E-state index contributed by atoms with van der Waals surface area (Å²) in [4.78, 5) is 4.15. The maximum Gasteiger partial charge on any atom is 0.0546 e. The summed E-state index contributed by atoms with van der Waals surface area (Å²) in [6.45, 7) is 18.2. The van der Waals surface area contributed by atoms with Crippen molar-refractivity contribution in [3.8, 4) is 0 Å². The van der Waals surface area contributed by atoms with Crippen molar-refractivity contribution in [2.24, 2.45) is 10.9 Å². The van der Waals surface area contributed by atoms with E-state index in [9.17, 15) is 0 Å². The standard InChI is InChI=1S/C17H24N2.C10H22O/c1-6-13(4)17(14(7-2)11-19-5)15-10-12(3)8-9-16(15)18;1-5-6-10(4)11-8-7-9(2)3/h7-11H,6,18H2,1-5H3;9-10H,5-8H2,1-4H3/b14-7+,17-13?,19-11?;. The molecular weight excluding hydrogens is 368 g/mol. The fraction of sp³-hybridized carbons (Fsp3) is 0.593. The van der Waals surface area contributed by atoms with Gasteiger partial charge in [-0.15, -0.1) is 0 Å². The molecule has 1 aromatic rings. The van der Waals surface area contributed by atoms with E-state index in [1.807, 2.05) is 25.3 Å². The maximum absolute atomic E-state index is 6.17. The second-order valence-electron chi connectivity index (χ2n) is 8.38. The van der Waals surface area contributed by atoms with E-state index >= 15 is 0 Å². The van der Waals surface area contributed by atoms with E-state index in [1.165, 1.54) is 36.0 Å². The van der Waals surface area contributed by atoms with Gasteiger partial charge in [0.2, 0.25) is 0 Å². The van der Waals surface area contributed by atoms with Crippen LogP contribution < -0.4 is 5.73 Å². The Bertz CT molecular complexity index is 699. The number of aryl methyl sites for hydroxylation is 1. The predicted molar refractivity (Wildman–Crippen MR) is 136 cm³/mol. The van der Waals surface area contributed by atoms with Gasteiger partial charge in [0.15, 0.2) is 0 Å². The van der Waals surface area contributed by atoms with Crippen LogP contribution in [0.4, 0.5) is 5.69 Å². The van der Waals surface area contributed by atoms with Crippen molar-refractivity contribution in [2.45, 2.75) is 87.2 Å². The van der Waals surface area contributed by atoms with Gasteiger partial charge < -0.3 is 10.5 Å². The summed E-state index contributed by atoms with van der Waals surface area (Å²) >= 11 is 0. The van der Waals surface area contributed by atoms with Gasteiger partial charge in [0, 0.05) is 31.1 Å². The minimum Gasteiger partial charge on any atom is -0.398 e. The van der Waals surface area contributed by atoms with Crippen molar-refractivity contribution in [3.63, 3.8) is 0 Å². The number of nitrogens with two attached hydrogens (primary N) is 1. The molecule has 0 amide bonds. The van der Waals surface area contributed by atoms with Crippen molar-refractivity contribution < 1.29 is 4.74 Å². The monoisotopic (exact) mass is 414 g/mol. The molecule has 0 bridgehead atoms. The molecule has 1 aromatic carbocycles. The van der Waals surface area contributed by atoms with Gasteiger partial charge in [0.1, 0.15) is 0 Å². The molecule has 0 heterocycles. The number of anilines is 1. The fourth-order valence-corrected chi connectivity index (χ4v) is 3.11. The van der Waals surface area contributed by atoms with E-state index in [2.05, 4.69) is 65.6 Å². The van der Waals surface area contributed by atoms with Crippen molar-refractivity contribution in [2.75, 3.05) is 19.4 Å². The lowest BCUT2D eigenvalue weighted by atomic mass is 9.90. The third kappa shape index (κ3) is 10.8. The van der Waals surface area contributed by atoms with Crippen molar-refractivity contribution in [1.82, 2.24) is 0 Å². The third-order valence-electron chi connectivity index (χ3n) is 5.10. The van der Waals surface area contributed by atoms with E-state index in [1.54, 1.807) is 7.05 Å². The molecule has 0 fully saturated rings. The number of hydrogen-bond acceptors (Lipinski definition) is 3. The molecule has 0 aliphatic carbocycles. The van der Waals surface area contributed by atoms with Crippen LogP contribution in [0.5, 0.6) is 0 Å². The fourth-order valence-electron chi connectivity index (χ4n) is 3.11. The van der Waals surface area contributed by atoms with Gasteiger partial charge in [0.05, 0.1) is 6.10 Å². The second-order valence-corrected chi connectivity index (χ2v) is 8.38. The van der Waals surface area contributed by atoms with Crippen LogP contribution in [0.15, 0.2) is 40.4 Å². The molecule has 0 saturated heterocycles. The van der Waals surface area contributed by atoms with Crippen molar-refractivity contribution in [1.29, 1.82) is 0 Å². The zero-order valence-electron chi connectivity index (χ0n) is 21.0. The summed E-state index contributed by atoms with van der Waals surface area (Å²) in [5.74, 6) is 0.767. The SMILES string of the molecule is C/C=C(\C=NC)C(=C(C)CC)c1cc(C)ccc1N.CCCC(C)OCCC(C)C. The summed E-state index contributed by atoms with van der Waals surface area (Å²) in [7, 11) is 1.79. The van der Waals surface area contributed by atoms with Crippen LogP contribution in [0.3, 0.4) is 0 Å². The lowest BCUT2D eigenvalue weighted by molar-refractivity contribution is 0.0529. The van der Waals surface area contributed by atoms with Gasteiger partial charge in [-0.25, -0.2) is 0 Å². The normalized spacial score (nSPS) is 13.9. The van der Waals surface area contributed by atoms with Gasteiger partial charge in [0.25, 0.3) is 0 Å². The van der Waals surface area contributed by atoms with Crippen LogP contribution in [-0.2, 0) is 4.74 Å². The summed E-state index contributed by atoms with van der Waals surface area (Å²) in [5, 5.41) is 0. The average Bonchev–Trinajstić information content (AvgIpc) is 2.70. The summed E-state index contributed by atoms with van der Waals surface area (Å²) in [6, 6.07) is 6.17. The number of rotatable bonds is 10. The first-order valence-corrected chi connectivity index (χ1v) is 11.5. The first-order valence-electron chi connectivity index (χ1n) is 11.5. The van der Waals surface area contributed by atoms with Gasteiger partial charge in [-0.1, -0.05) is 57.4 Å². The van der Waals surface area contributed by atoms with E-state index in [-0.39, 0.29) is 0 Å². The molecule has 0 aromatic heterocycles. The zero-order valence-corrected chi connectivity index (χ0v) is 21.0. The molecule has 30 heavy (non-hydrogen) atoms. The van der Waals surface area contributed by atoms with Crippen LogP contribution in [0.2, 0.25) is 0 Å². The highest BCUT2D eigenvalue weighted by Gasteiger charge is 2.12. The second kappa shape index (κ2) is 15.9. The zero-order chi connectivity index (χ0) is 23.1. The molecule has 2 N–H and O–H groups in total. The highest BCUT2D eigenvalue weighted by molar-refractivity contribution is 6.03. The number of aliphatic imine (C=N–C) groups is 1. The van der Waals surface area contributed by atoms with Gasteiger partial charge in [-0.05, 0) is 76.2 Å². The Hall–Kier alpha value is -1.87. The minimum absolute atomic E-state index is 0.457. The topological polar surface area (TPSA) is 47.6 Å². The Kier molecular flexibility index (Phi) is 14.9. The van der Waals surface area contributed by atoms with E-state index in [4.69, 9.17) is 10.5 Å². The maximum atomic E-state index is 6.17. The molecule has 0 aliphatic heterocycles. The Morgan fingerprint density at radius 1 is 1.17 bits per heavy atom. The number of benzene rings is 1. The lowest BCUT2D eigenvalue weighted by Crippen LogP contribution is -2.09. The number of ether oxygens (including phenoxy) is 1. The molecule has 0 aliphatic rings. The van der Waals surface area contributed by atoms with E-state index in [0.717, 1.165) is 35.8 Å². The first-order chi connectivity index (χ1) is 14.2. The molecule has 0 saturated carbocycles. The molecule has 0 spiro atoms. The van der Waals surface area contributed by atoms with Gasteiger partial charge in [-0.3, -0.25) is 4.99 Å². The lowest BCUT2D eigenvalue weighted by Gasteiger charge is -2.16. The molecule has 3 heteroatoms. The number of allylic oxidation sites excluding steroid dienone is 4. The molecule has 1 rings (SSSR count). The van der Waals surface area contributed by atoms with Crippen LogP contribution in [0, 0.1) is 12.8 Å². The largest absolute Gasteiger partial charge is 0.398 e. The Morgan fingerprint density at radius 2 is 1.83 bits per heavy atom. The van der Waals surface area contributed by atoms with Crippen LogP contribution in [-0.4, -0.2) is 26.0 Å². The Balaban J connectivity index is 0.000000654. The molecule has 0 radical (unpaired) electrons. The number of hydrogen-bond donors (Lipinski definition) is 1. The molecule has 1 unspecified atom stereocenters. The van der Waals surface area contributed by atoms with Gasteiger partial charge >= 0.3 is 0 Å². The molecule has 1 atom stereocenters. The smallest absolute Gasteiger partial charge is 0.0546 e. The summed E-state index contributed by atoms with van der Waals surface area (Å²) < 4.78 is 5.59. The highest BCUT2D eigenvalue weighted by atomic mass is 16.5. The van der Waals surface area contributed by atoms with Crippen LogP contribution in [0.25, 0.3) is 5.57 Å². The summed E-state index contributed by atoms with van der Waals surface area (Å²) in [6.07, 6.45) is 9.05. The van der Waals surface area contributed by atoms with E-state index < -0.39 is 0 Å². The number of nitrogens with zero attached hydrogens (tertiary/aromatic N) is 1. The molecular formula is C27H46N2O.